The van der Waals surface area contributed by atoms with Crippen LogP contribution in [0, 0.1) is 0 Å². The van der Waals surface area contributed by atoms with Crippen molar-refractivity contribution in [2.24, 2.45) is 0 Å². The second-order valence-electron chi connectivity index (χ2n) is 6.24. The Hall–Kier alpha value is -2.56. The Morgan fingerprint density at radius 2 is 1.77 bits per heavy atom. The Kier molecular flexibility index (Phi) is 5.76. The van der Waals surface area contributed by atoms with Gasteiger partial charge in [0.05, 0.1) is 12.3 Å². The molecule has 0 bridgehead atoms. The summed E-state index contributed by atoms with van der Waals surface area (Å²) in [6.45, 7) is 0.421. The number of carbonyl (C=O) groups excluding carboxylic acids is 1. The van der Waals surface area contributed by atoms with Gasteiger partial charge < -0.3 is 14.6 Å². The van der Waals surface area contributed by atoms with Crippen molar-refractivity contribution in [3.05, 3.63) is 83.3 Å². The number of nitrogens with zero attached hydrogens (tertiary/aromatic N) is 1. The van der Waals surface area contributed by atoms with Crippen molar-refractivity contribution in [2.45, 2.75) is 6.04 Å². The van der Waals surface area contributed by atoms with Gasteiger partial charge in [-0.3, -0.25) is 4.79 Å². The van der Waals surface area contributed by atoms with Crippen LogP contribution in [0.2, 0.25) is 5.02 Å². The minimum absolute atomic E-state index is 0.0391. The minimum atomic E-state index is -0.243. The van der Waals surface area contributed by atoms with Crippen molar-refractivity contribution in [1.82, 2.24) is 10.2 Å². The van der Waals surface area contributed by atoms with Crippen molar-refractivity contribution < 1.29 is 9.21 Å². The van der Waals surface area contributed by atoms with Crippen LogP contribution in [-0.4, -0.2) is 31.4 Å². The lowest BCUT2D eigenvalue weighted by Gasteiger charge is -2.25. The molecule has 26 heavy (non-hydrogen) atoms. The van der Waals surface area contributed by atoms with Gasteiger partial charge in [0.2, 0.25) is 0 Å². The van der Waals surface area contributed by atoms with Gasteiger partial charge in [-0.1, -0.05) is 60.1 Å². The lowest BCUT2D eigenvalue weighted by molar-refractivity contribution is 0.0915. The lowest BCUT2D eigenvalue weighted by atomic mass is 10.0. The molecule has 0 fully saturated rings. The standard InChI is InChI=1S/C21H21ClN2O2/c1-24(2)19(17-10-6-7-11-18(17)22)14-23-21(25)20-16(12-13-26-20)15-8-4-3-5-9-15/h3-13,19H,14H2,1-2H3,(H,23,25)/t19-/m0/s1. The predicted molar refractivity (Wildman–Crippen MR) is 104 cm³/mol. The highest BCUT2D eigenvalue weighted by atomic mass is 35.5. The van der Waals surface area contributed by atoms with Crippen LogP contribution in [0.4, 0.5) is 0 Å². The summed E-state index contributed by atoms with van der Waals surface area (Å²) in [5, 5.41) is 3.65. The third-order valence-electron chi connectivity index (χ3n) is 4.30. The maximum Gasteiger partial charge on any atom is 0.287 e. The van der Waals surface area contributed by atoms with Crippen molar-refractivity contribution >= 4 is 17.5 Å². The molecule has 0 spiro atoms. The van der Waals surface area contributed by atoms with Gasteiger partial charge in [0.25, 0.3) is 5.91 Å². The smallest absolute Gasteiger partial charge is 0.287 e. The van der Waals surface area contributed by atoms with E-state index in [-0.39, 0.29) is 11.9 Å². The molecule has 3 rings (SSSR count). The summed E-state index contributed by atoms with van der Waals surface area (Å²) < 4.78 is 5.45. The second kappa shape index (κ2) is 8.21. The summed E-state index contributed by atoms with van der Waals surface area (Å²) in [6.07, 6.45) is 1.54. The van der Waals surface area contributed by atoms with E-state index in [1.165, 1.54) is 6.26 Å². The molecule has 0 aliphatic rings. The Labute approximate surface area is 158 Å². The Morgan fingerprint density at radius 1 is 1.08 bits per heavy atom. The molecule has 0 radical (unpaired) electrons. The van der Waals surface area contributed by atoms with Gasteiger partial charge in [0, 0.05) is 17.1 Å². The van der Waals surface area contributed by atoms with Crippen molar-refractivity contribution in [1.29, 1.82) is 0 Å². The summed E-state index contributed by atoms with van der Waals surface area (Å²) >= 11 is 6.33. The summed E-state index contributed by atoms with van der Waals surface area (Å²) in [5.74, 6) is 0.0700. The van der Waals surface area contributed by atoms with E-state index >= 15 is 0 Å². The van der Waals surface area contributed by atoms with E-state index < -0.39 is 0 Å². The highest BCUT2D eigenvalue weighted by molar-refractivity contribution is 6.31. The molecule has 1 amide bonds. The van der Waals surface area contributed by atoms with Crippen LogP contribution in [0.1, 0.15) is 22.2 Å². The van der Waals surface area contributed by atoms with Crippen molar-refractivity contribution in [3.63, 3.8) is 0 Å². The topological polar surface area (TPSA) is 45.5 Å². The normalized spacial score (nSPS) is 12.2. The molecule has 3 aromatic rings. The van der Waals surface area contributed by atoms with Crippen molar-refractivity contribution in [2.75, 3.05) is 20.6 Å². The van der Waals surface area contributed by atoms with Gasteiger partial charge in [-0.25, -0.2) is 0 Å². The van der Waals surface area contributed by atoms with Crippen LogP contribution in [0.25, 0.3) is 11.1 Å². The van der Waals surface area contributed by atoms with Crippen molar-refractivity contribution in [3.8, 4) is 11.1 Å². The number of likely N-dealkylation sites (N-methyl/N-ethyl adjacent to an activating group) is 1. The average Bonchev–Trinajstić information content (AvgIpc) is 3.13. The van der Waals surface area contributed by atoms with E-state index in [9.17, 15) is 4.79 Å². The summed E-state index contributed by atoms with van der Waals surface area (Å²) in [4.78, 5) is 14.7. The minimum Gasteiger partial charge on any atom is -0.459 e. The number of benzene rings is 2. The fourth-order valence-electron chi connectivity index (χ4n) is 2.92. The number of furan rings is 1. The van der Waals surface area contributed by atoms with Crippen LogP contribution >= 0.6 is 11.6 Å². The second-order valence-corrected chi connectivity index (χ2v) is 6.65. The Morgan fingerprint density at radius 3 is 2.46 bits per heavy atom. The maximum atomic E-state index is 12.7. The fourth-order valence-corrected chi connectivity index (χ4v) is 3.18. The number of rotatable bonds is 6. The first-order valence-corrected chi connectivity index (χ1v) is 8.77. The van der Waals surface area contributed by atoms with Crippen LogP contribution in [0.15, 0.2) is 71.3 Å². The Bertz CT molecular complexity index is 874. The van der Waals surface area contributed by atoms with Crippen LogP contribution in [0.3, 0.4) is 0 Å². The predicted octanol–water partition coefficient (Wildman–Crippen LogP) is 4.63. The zero-order valence-corrected chi connectivity index (χ0v) is 15.5. The largest absolute Gasteiger partial charge is 0.459 e. The molecule has 0 saturated carbocycles. The van der Waals surface area contributed by atoms with Gasteiger partial charge in [-0.2, -0.15) is 0 Å². The van der Waals surface area contributed by atoms with Gasteiger partial charge in [0.15, 0.2) is 5.76 Å². The highest BCUT2D eigenvalue weighted by Crippen LogP contribution is 2.27. The van der Waals surface area contributed by atoms with E-state index in [4.69, 9.17) is 16.0 Å². The molecule has 0 unspecified atom stereocenters. The van der Waals surface area contributed by atoms with E-state index in [1.807, 2.05) is 79.7 Å². The third kappa shape index (κ3) is 3.98. The highest BCUT2D eigenvalue weighted by Gasteiger charge is 2.21. The number of nitrogens with one attached hydrogen (secondary N) is 1. The van der Waals surface area contributed by atoms with E-state index in [0.29, 0.717) is 17.3 Å². The van der Waals surface area contributed by atoms with E-state index in [2.05, 4.69) is 5.32 Å². The van der Waals surface area contributed by atoms with E-state index in [1.54, 1.807) is 0 Å². The first-order chi connectivity index (χ1) is 12.6. The van der Waals surface area contributed by atoms with Crippen LogP contribution in [0.5, 0.6) is 0 Å². The molecule has 1 N–H and O–H groups in total. The molecule has 2 aromatic carbocycles. The van der Waals surface area contributed by atoms with Gasteiger partial charge in [0.1, 0.15) is 0 Å². The molecule has 1 aromatic heterocycles. The SMILES string of the molecule is CN(C)[C@@H](CNC(=O)c1occc1-c1ccccc1)c1ccccc1Cl. The molecule has 4 nitrogen and oxygen atoms in total. The van der Waals surface area contributed by atoms with Crippen LogP contribution in [-0.2, 0) is 0 Å². The molecule has 5 heteroatoms. The molecule has 0 saturated heterocycles. The molecular formula is C21H21ClN2O2. The fraction of sp³-hybridized carbons (Fsp3) is 0.190. The number of halogens is 1. The quantitative estimate of drug-likeness (QED) is 0.689. The zero-order chi connectivity index (χ0) is 18.5. The monoisotopic (exact) mass is 368 g/mol. The average molecular weight is 369 g/mol. The number of hydrogen-bond acceptors (Lipinski definition) is 3. The number of carbonyl (C=O) groups is 1. The van der Waals surface area contributed by atoms with Gasteiger partial charge in [-0.15, -0.1) is 0 Å². The number of hydrogen-bond donors (Lipinski definition) is 1. The van der Waals surface area contributed by atoms with Gasteiger partial charge in [-0.05, 0) is 37.4 Å². The molecular weight excluding hydrogens is 348 g/mol. The lowest BCUT2D eigenvalue weighted by Crippen LogP contribution is -2.34. The molecule has 0 aliphatic carbocycles. The van der Waals surface area contributed by atoms with E-state index in [0.717, 1.165) is 16.7 Å². The number of amides is 1. The molecule has 1 heterocycles. The zero-order valence-electron chi connectivity index (χ0n) is 14.8. The Balaban J connectivity index is 1.77. The first-order valence-electron chi connectivity index (χ1n) is 8.40. The first kappa shape index (κ1) is 18.2. The summed E-state index contributed by atoms with van der Waals surface area (Å²) in [5.41, 5.74) is 2.70. The molecule has 134 valence electrons. The summed E-state index contributed by atoms with van der Waals surface area (Å²) in [6, 6.07) is 19.1. The van der Waals surface area contributed by atoms with Crippen LogP contribution < -0.4 is 5.32 Å². The maximum absolute atomic E-state index is 12.7. The molecule has 0 aliphatic heterocycles. The summed E-state index contributed by atoms with van der Waals surface area (Å²) in [7, 11) is 3.92. The van der Waals surface area contributed by atoms with Gasteiger partial charge >= 0.3 is 0 Å². The molecule has 1 atom stereocenters. The third-order valence-corrected chi connectivity index (χ3v) is 4.64.